The van der Waals surface area contributed by atoms with Gasteiger partial charge < -0.3 is 15.5 Å². The third-order valence-corrected chi connectivity index (χ3v) is 5.62. The van der Waals surface area contributed by atoms with E-state index in [1.165, 1.54) is 13.1 Å². The Labute approximate surface area is 186 Å². The summed E-state index contributed by atoms with van der Waals surface area (Å²) < 4.78 is 0. The first-order valence-corrected chi connectivity index (χ1v) is 10.5. The number of aromatic amines is 1. The third-order valence-electron chi connectivity index (χ3n) is 5.62. The van der Waals surface area contributed by atoms with Crippen LogP contribution in [0.4, 0.5) is 0 Å². The van der Waals surface area contributed by atoms with Crippen molar-refractivity contribution in [1.29, 1.82) is 0 Å². The Morgan fingerprint density at radius 3 is 2.38 bits per heavy atom. The van der Waals surface area contributed by atoms with Crippen LogP contribution in [0.1, 0.15) is 31.0 Å². The number of H-pyrrole nitrogens is 1. The molecular weight excluding hydrogens is 408 g/mol. The summed E-state index contributed by atoms with van der Waals surface area (Å²) in [6.07, 6.45) is 2.76. The smallest absolute Gasteiger partial charge is 0.311 e. The van der Waals surface area contributed by atoms with Gasteiger partial charge in [-0.1, -0.05) is 54.6 Å². The molecule has 0 bridgehead atoms. The number of benzene rings is 2. The fraction of sp³-hybridized carbons (Fsp3) is 0.333. The highest BCUT2D eigenvalue weighted by molar-refractivity contribution is 5.78. The number of rotatable bonds is 11. The topological polar surface area (TPSA) is 128 Å². The van der Waals surface area contributed by atoms with Crippen LogP contribution in [0.2, 0.25) is 0 Å². The van der Waals surface area contributed by atoms with E-state index in [9.17, 15) is 19.8 Å². The zero-order valence-corrected chi connectivity index (χ0v) is 18.0. The van der Waals surface area contributed by atoms with Gasteiger partial charge in [-0.25, -0.2) is 0 Å². The number of carbonyl (C=O) groups is 2. The predicted octanol–water partition coefficient (Wildman–Crippen LogP) is 2.61. The Morgan fingerprint density at radius 1 is 1.09 bits per heavy atom. The molecule has 1 heterocycles. The van der Waals surface area contributed by atoms with E-state index in [0.29, 0.717) is 18.5 Å². The molecule has 0 radical (unpaired) electrons. The Morgan fingerprint density at radius 2 is 1.78 bits per heavy atom. The Hall–Kier alpha value is -3.52. The van der Waals surface area contributed by atoms with Crippen molar-refractivity contribution in [2.75, 3.05) is 6.61 Å². The number of carbonyl (C=O) groups excluding carboxylic acids is 1. The first-order valence-electron chi connectivity index (χ1n) is 10.5. The second kappa shape index (κ2) is 10.7. The van der Waals surface area contributed by atoms with Gasteiger partial charge in [-0.3, -0.25) is 9.59 Å². The molecule has 3 aromatic rings. The monoisotopic (exact) mass is 436 g/mol. The van der Waals surface area contributed by atoms with Gasteiger partial charge in [-0.2, -0.15) is 15.4 Å². The minimum atomic E-state index is -1.26. The molecule has 8 nitrogen and oxygen atoms in total. The van der Waals surface area contributed by atoms with Gasteiger partial charge in [0.2, 0.25) is 5.91 Å². The maximum atomic E-state index is 12.5. The number of carboxylic acids is 1. The number of aliphatic hydroxyl groups is 1. The van der Waals surface area contributed by atoms with Gasteiger partial charge in [0.1, 0.15) is 0 Å². The lowest BCUT2D eigenvalue weighted by atomic mass is 9.84. The van der Waals surface area contributed by atoms with Gasteiger partial charge in [0.05, 0.1) is 30.3 Å². The van der Waals surface area contributed by atoms with Gasteiger partial charge in [0.15, 0.2) is 0 Å². The van der Waals surface area contributed by atoms with Crippen LogP contribution in [0.5, 0.6) is 0 Å². The summed E-state index contributed by atoms with van der Waals surface area (Å²) in [4.78, 5) is 24.1. The summed E-state index contributed by atoms with van der Waals surface area (Å²) in [5.41, 5.74) is 2.51. The molecule has 0 unspecified atom stereocenters. The van der Waals surface area contributed by atoms with E-state index in [4.69, 9.17) is 0 Å². The van der Waals surface area contributed by atoms with Crippen molar-refractivity contribution in [3.8, 4) is 11.1 Å². The van der Waals surface area contributed by atoms with Gasteiger partial charge >= 0.3 is 5.97 Å². The number of nitrogens with zero attached hydrogens (tertiary/aromatic N) is 2. The van der Waals surface area contributed by atoms with Crippen LogP contribution in [-0.2, 0) is 22.4 Å². The molecule has 2 aromatic carbocycles. The summed E-state index contributed by atoms with van der Waals surface area (Å²) in [5.74, 6) is -1.27. The molecule has 0 saturated carbocycles. The Kier molecular flexibility index (Phi) is 7.72. The van der Waals surface area contributed by atoms with Crippen LogP contribution < -0.4 is 5.32 Å². The third kappa shape index (κ3) is 6.24. The molecule has 1 amide bonds. The highest BCUT2D eigenvalue weighted by Crippen LogP contribution is 2.25. The van der Waals surface area contributed by atoms with Crippen molar-refractivity contribution in [1.82, 2.24) is 20.7 Å². The average molecular weight is 437 g/mol. The van der Waals surface area contributed by atoms with E-state index in [1.54, 1.807) is 0 Å². The molecule has 0 aliphatic carbocycles. The highest BCUT2D eigenvalue weighted by atomic mass is 16.4. The van der Waals surface area contributed by atoms with Gasteiger partial charge in [0.25, 0.3) is 0 Å². The number of nitrogens with one attached hydrogen (secondary N) is 2. The fourth-order valence-corrected chi connectivity index (χ4v) is 3.47. The van der Waals surface area contributed by atoms with E-state index in [0.717, 1.165) is 16.7 Å². The van der Waals surface area contributed by atoms with Crippen LogP contribution in [0.3, 0.4) is 0 Å². The molecule has 32 heavy (non-hydrogen) atoms. The molecule has 0 aliphatic rings. The summed E-state index contributed by atoms with van der Waals surface area (Å²) in [6, 6.07) is 17.9. The van der Waals surface area contributed by atoms with E-state index in [-0.39, 0.29) is 24.8 Å². The molecular formula is C24H28N4O4. The average Bonchev–Trinajstić information content (AvgIpc) is 3.31. The second-order valence-electron chi connectivity index (χ2n) is 8.23. The van der Waals surface area contributed by atoms with Gasteiger partial charge in [-0.05, 0) is 42.9 Å². The van der Waals surface area contributed by atoms with Crippen molar-refractivity contribution >= 4 is 11.9 Å². The van der Waals surface area contributed by atoms with Crippen molar-refractivity contribution in [2.45, 2.75) is 38.6 Å². The first-order chi connectivity index (χ1) is 15.4. The van der Waals surface area contributed by atoms with Crippen molar-refractivity contribution in [3.63, 3.8) is 0 Å². The molecule has 0 fully saturated rings. The normalized spacial score (nSPS) is 13.8. The number of hydrogen-bond acceptors (Lipinski definition) is 5. The zero-order valence-electron chi connectivity index (χ0n) is 18.0. The fourth-order valence-electron chi connectivity index (χ4n) is 3.47. The first kappa shape index (κ1) is 23.1. The lowest BCUT2D eigenvalue weighted by molar-refractivity contribution is -0.150. The number of aromatic nitrogens is 3. The second-order valence-corrected chi connectivity index (χ2v) is 8.23. The maximum absolute atomic E-state index is 12.5. The Balaban J connectivity index is 1.70. The van der Waals surface area contributed by atoms with E-state index in [2.05, 4.69) is 20.7 Å². The molecule has 168 valence electrons. The predicted molar refractivity (Wildman–Crippen MR) is 120 cm³/mol. The number of amides is 1. The standard InChI is InChI=1S/C24H28N4O4/c1-24(16-29,23(31)32)12-11-20(26-22(30)14-21-15-25-28-27-21)13-17-7-9-19(10-8-17)18-5-3-2-4-6-18/h2-10,15,20,29H,11-14,16H2,1H3,(H,26,30)(H,31,32)(H,25,27,28)/t20-,24-/m0/s1. The summed E-state index contributed by atoms with van der Waals surface area (Å²) in [6.45, 7) is 1.05. The van der Waals surface area contributed by atoms with Crippen molar-refractivity contribution < 1.29 is 19.8 Å². The molecule has 8 heteroatoms. The van der Waals surface area contributed by atoms with Crippen LogP contribution in [0, 0.1) is 5.41 Å². The molecule has 2 atom stereocenters. The molecule has 0 spiro atoms. The number of hydrogen-bond donors (Lipinski definition) is 4. The van der Waals surface area contributed by atoms with Crippen molar-refractivity contribution in [2.24, 2.45) is 5.41 Å². The largest absolute Gasteiger partial charge is 0.481 e. The van der Waals surface area contributed by atoms with Gasteiger partial charge in [-0.15, -0.1) is 0 Å². The number of aliphatic hydroxyl groups excluding tert-OH is 1. The summed E-state index contributed by atoms with van der Waals surface area (Å²) in [5, 5.41) is 32.1. The minimum absolute atomic E-state index is 0.0795. The molecule has 4 N–H and O–H groups in total. The summed E-state index contributed by atoms with van der Waals surface area (Å²) >= 11 is 0. The van der Waals surface area contributed by atoms with E-state index >= 15 is 0 Å². The number of aliphatic carboxylic acids is 1. The number of carboxylic acid groups (broad SMARTS) is 1. The quantitative estimate of drug-likeness (QED) is 0.366. The molecule has 1 aromatic heterocycles. The van der Waals surface area contributed by atoms with E-state index in [1.807, 2.05) is 54.6 Å². The highest BCUT2D eigenvalue weighted by Gasteiger charge is 2.33. The molecule has 0 aliphatic heterocycles. The molecule has 3 rings (SSSR count). The summed E-state index contributed by atoms with van der Waals surface area (Å²) in [7, 11) is 0. The SMILES string of the molecule is C[C@@](CO)(CC[C@@H](Cc1ccc(-c2ccccc2)cc1)NC(=O)Cc1cn[nH]n1)C(=O)O. The van der Waals surface area contributed by atoms with Crippen LogP contribution in [-0.4, -0.2) is 50.1 Å². The maximum Gasteiger partial charge on any atom is 0.311 e. The van der Waals surface area contributed by atoms with Crippen LogP contribution in [0.25, 0.3) is 11.1 Å². The van der Waals surface area contributed by atoms with Crippen LogP contribution >= 0.6 is 0 Å². The van der Waals surface area contributed by atoms with E-state index < -0.39 is 18.0 Å². The van der Waals surface area contributed by atoms with Gasteiger partial charge in [0, 0.05) is 6.04 Å². The molecule has 0 saturated heterocycles. The zero-order chi connectivity index (χ0) is 23.0. The van der Waals surface area contributed by atoms with Crippen LogP contribution in [0.15, 0.2) is 60.8 Å². The minimum Gasteiger partial charge on any atom is -0.481 e. The lowest BCUT2D eigenvalue weighted by Crippen LogP contribution is -2.40. The van der Waals surface area contributed by atoms with Crippen molar-refractivity contribution in [3.05, 3.63) is 72.1 Å². The Bertz CT molecular complexity index is 1010. The lowest BCUT2D eigenvalue weighted by Gasteiger charge is -2.26.